The number of benzene rings is 1. The summed E-state index contributed by atoms with van der Waals surface area (Å²) in [6.07, 6.45) is 4.27. The van der Waals surface area contributed by atoms with Gasteiger partial charge in [-0.1, -0.05) is 6.07 Å². The van der Waals surface area contributed by atoms with E-state index in [1.165, 1.54) is 4.57 Å². The second-order valence-electron chi connectivity index (χ2n) is 9.14. The van der Waals surface area contributed by atoms with Crippen molar-refractivity contribution in [2.75, 3.05) is 23.7 Å². The summed E-state index contributed by atoms with van der Waals surface area (Å²) in [6.45, 7) is 2.64. The first-order valence-corrected chi connectivity index (χ1v) is 11.1. The number of carboxylic acid groups (broad SMARTS) is 1. The molecule has 2 aromatic heterocycles. The SMILES string of the molecule is Cc1c(N2CCC([C@@H](N)c3cccnc3)C2)c(F)c(N)c2c(=O)c(C(=O)O)cn([C@@H]3C[C@@H]3F)c12. The fraction of sp³-hybridized carbons (Fsp3) is 0.375. The summed E-state index contributed by atoms with van der Waals surface area (Å²) >= 11 is 0. The van der Waals surface area contributed by atoms with E-state index in [1.807, 2.05) is 17.0 Å². The maximum atomic E-state index is 15.7. The predicted molar refractivity (Wildman–Crippen MR) is 124 cm³/mol. The Morgan fingerprint density at radius 2 is 2.12 bits per heavy atom. The highest BCUT2D eigenvalue weighted by Gasteiger charge is 2.41. The molecular formula is C24H25F2N5O3. The number of nitrogen functional groups attached to an aromatic ring is 1. The average Bonchev–Trinajstić information content (AvgIpc) is 3.35. The Bertz CT molecular complexity index is 1360. The van der Waals surface area contributed by atoms with Gasteiger partial charge in [-0.2, -0.15) is 0 Å². The van der Waals surface area contributed by atoms with Crippen LogP contribution in [0, 0.1) is 18.7 Å². The van der Waals surface area contributed by atoms with Gasteiger partial charge in [0.1, 0.15) is 11.7 Å². The number of nitrogens with zero attached hydrogens (tertiary/aromatic N) is 3. The van der Waals surface area contributed by atoms with E-state index < -0.39 is 40.7 Å². The highest BCUT2D eigenvalue weighted by atomic mass is 19.1. The maximum absolute atomic E-state index is 15.7. The molecule has 1 aliphatic heterocycles. The zero-order chi connectivity index (χ0) is 24.3. The lowest BCUT2D eigenvalue weighted by Gasteiger charge is -2.26. The highest BCUT2D eigenvalue weighted by Crippen LogP contribution is 2.45. The molecule has 1 unspecified atom stereocenters. The third-order valence-corrected chi connectivity index (χ3v) is 7.05. The maximum Gasteiger partial charge on any atom is 0.341 e. The van der Waals surface area contributed by atoms with E-state index in [-0.39, 0.29) is 35.0 Å². The summed E-state index contributed by atoms with van der Waals surface area (Å²) < 4.78 is 31.2. The standard InChI is InChI=1S/C24H25F2N5O3/c1-11-21-17(23(32)14(24(33)34)10-31(21)16-7-15(16)25)20(28)18(26)22(11)30-6-4-13(9-30)19(27)12-3-2-5-29-8-12/h2-3,5,8,10,13,15-16,19H,4,6-7,9,27-28H2,1H3,(H,33,34)/t13?,15-,16+,19-/m0/s1. The van der Waals surface area contributed by atoms with Crippen LogP contribution in [0.2, 0.25) is 0 Å². The summed E-state index contributed by atoms with van der Waals surface area (Å²) in [5.41, 5.74) is 12.5. The van der Waals surface area contributed by atoms with Gasteiger partial charge < -0.3 is 26.0 Å². The van der Waals surface area contributed by atoms with Gasteiger partial charge >= 0.3 is 5.97 Å². The zero-order valence-electron chi connectivity index (χ0n) is 18.5. The highest BCUT2D eigenvalue weighted by molar-refractivity contribution is 6.01. The summed E-state index contributed by atoms with van der Waals surface area (Å²) in [7, 11) is 0. The van der Waals surface area contributed by atoms with Gasteiger partial charge in [0.25, 0.3) is 0 Å². The number of rotatable bonds is 5. The van der Waals surface area contributed by atoms with Crippen molar-refractivity contribution in [3.63, 3.8) is 0 Å². The van der Waals surface area contributed by atoms with Crippen molar-refractivity contribution in [3.05, 3.63) is 63.5 Å². The van der Waals surface area contributed by atoms with E-state index in [1.54, 1.807) is 19.3 Å². The normalized spacial score (nSPS) is 22.8. The zero-order valence-corrected chi connectivity index (χ0v) is 18.5. The second-order valence-corrected chi connectivity index (χ2v) is 9.14. The van der Waals surface area contributed by atoms with Crippen LogP contribution in [0.15, 0.2) is 35.5 Å². The first kappa shape index (κ1) is 22.3. The van der Waals surface area contributed by atoms with Gasteiger partial charge in [-0.3, -0.25) is 9.78 Å². The molecule has 5 N–H and O–H groups in total. The molecule has 10 heteroatoms. The van der Waals surface area contributed by atoms with Crippen molar-refractivity contribution < 1.29 is 18.7 Å². The molecule has 4 atom stereocenters. The van der Waals surface area contributed by atoms with Crippen LogP contribution in [0.3, 0.4) is 0 Å². The molecule has 1 saturated carbocycles. The van der Waals surface area contributed by atoms with Crippen molar-refractivity contribution in [2.45, 2.75) is 38.0 Å². The summed E-state index contributed by atoms with van der Waals surface area (Å²) in [4.78, 5) is 30.5. The van der Waals surface area contributed by atoms with E-state index in [4.69, 9.17) is 11.5 Å². The van der Waals surface area contributed by atoms with Crippen LogP contribution in [0.4, 0.5) is 20.2 Å². The molecule has 0 spiro atoms. The third-order valence-electron chi connectivity index (χ3n) is 7.05. The molecular weight excluding hydrogens is 444 g/mol. The van der Waals surface area contributed by atoms with E-state index in [9.17, 15) is 19.1 Å². The number of alkyl halides is 1. The van der Waals surface area contributed by atoms with E-state index >= 15 is 4.39 Å². The molecule has 1 aromatic carbocycles. The topological polar surface area (TPSA) is 127 Å². The number of aromatic nitrogens is 2. The minimum absolute atomic E-state index is 0.0372. The lowest BCUT2D eigenvalue weighted by Crippen LogP contribution is -2.28. The van der Waals surface area contributed by atoms with Gasteiger partial charge in [-0.15, -0.1) is 0 Å². The van der Waals surface area contributed by atoms with Gasteiger partial charge in [0, 0.05) is 44.1 Å². The molecule has 1 saturated heterocycles. The molecule has 1 aliphatic carbocycles. The Kier molecular flexibility index (Phi) is 5.27. The van der Waals surface area contributed by atoms with Crippen LogP contribution < -0.4 is 21.8 Å². The van der Waals surface area contributed by atoms with Crippen molar-refractivity contribution in [1.82, 2.24) is 9.55 Å². The van der Waals surface area contributed by atoms with E-state index in [0.29, 0.717) is 25.1 Å². The van der Waals surface area contributed by atoms with Crippen LogP contribution in [0.1, 0.15) is 46.4 Å². The van der Waals surface area contributed by atoms with Crippen molar-refractivity contribution in [1.29, 1.82) is 0 Å². The van der Waals surface area contributed by atoms with Crippen molar-refractivity contribution in [2.24, 2.45) is 11.7 Å². The van der Waals surface area contributed by atoms with Gasteiger partial charge in [0.05, 0.1) is 28.3 Å². The van der Waals surface area contributed by atoms with E-state index in [0.717, 1.165) is 11.8 Å². The lowest BCUT2D eigenvalue weighted by molar-refractivity contribution is 0.0694. The number of carbonyl (C=O) groups is 1. The molecule has 2 fully saturated rings. The fourth-order valence-corrected chi connectivity index (χ4v) is 5.14. The first-order valence-electron chi connectivity index (χ1n) is 11.1. The van der Waals surface area contributed by atoms with Crippen LogP contribution >= 0.6 is 0 Å². The molecule has 178 valence electrons. The third kappa shape index (κ3) is 3.40. The monoisotopic (exact) mass is 469 g/mol. The van der Waals surface area contributed by atoms with Crippen LogP contribution in [0.25, 0.3) is 10.9 Å². The Labute approximate surface area is 193 Å². The minimum Gasteiger partial charge on any atom is -0.477 e. The predicted octanol–water partition coefficient (Wildman–Crippen LogP) is 2.93. The quantitative estimate of drug-likeness (QED) is 0.490. The van der Waals surface area contributed by atoms with Crippen molar-refractivity contribution in [3.8, 4) is 0 Å². The van der Waals surface area contributed by atoms with Crippen molar-refractivity contribution >= 4 is 28.2 Å². The van der Waals surface area contributed by atoms with Gasteiger partial charge in [-0.25, -0.2) is 13.6 Å². The minimum atomic E-state index is -1.47. The number of carboxylic acids is 1. The first-order chi connectivity index (χ1) is 16.2. The number of nitrogens with two attached hydrogens (primary N) is 2. The Morgan fingerprint density at radius 1 is 1.38 bits per heavy atom. The van der Waals surface area contributed by atoms with Crippen LogP contribution in [-0.2, 0) is 0 Å². The Morgan fingerprint density at radius 3 is 2.74 bits per heavy atom. The summed E-state index contributed by atoms with van der Waals surface area (Å²) in [5, 5.41) is 9.26. The number of hydrogen-bond donors (Lipinski definition) is 3. The molecule has 5 rings (SSSR count). The molecule has 3 heterocycles. The van der Waals surface area contributed by atoms with Gasteiger partial charge in [0.2, 0.25) is 5.43 Å². The molecule has 34 heavy (non-hydrogen) atoms. The molecule has 0 amide bonds. The molecule has 0 radical (unpaired) electrons. The largest absolute Gasteiger partial charge is 0.477 e. The average molecular weight is 469 g/mol. The number of hydrogen-bond acceptors (Lipinski definition) is 6. The Hall–Kier alpha value is -3.53. The van der Waals surface area contributed by atoms with Crippen LogP contribution in [-0.4, -0.2) is 39.9 Å². The Balaban J connectivity index is 1.63. The van der Waals surface area contributed by atoms with Gasteiger partial charge in [0.15, 0.2) is 5.82 Å². The smallest absolute Gasteiger partial charge is 0.341 e. The van der Waals surface area contributed by atoms with Gasteiger partial charge in [-0.05, 0) is 36.5 Å². The number of aryl methyl sites for hydroxylation is 1. The van der Waals surface area contributed by atoms with Crippen LogP contribution in [0.5, 0.6) is 0 Å². The number of anilines is 2. The number of fused-ring (bicyclic) bond motifs is 1. The lowest BCUT2D eigenvalue weighted by atomic mass is 9.94. The fourth-order valence-electron chi connectivity index (χ4n) is 5.14. The second kappa shape index (κ2) is 8.05. The van der Waals surface area contributed by atoms with E-state index in [2.05, 4.69) is 4.98 Å². The molecule has 2 aliphatic rings. The summed E-state index contributed by atoms with van der Waals surface area (Å²) in [6, 6.07) is 2.82. The number of halogens is 2. The summed E-state index contributed by atoms with van der Waals surface area (Å²) in [5.74, 6) is -2.21. The molecule has 8 nitrogen and oxygen atoms in total. The molecule has 0 bridgehead atoms. The number of pyridine rings is 2. The number of aromatic carboxylic acids is 1. The molecule has 3 aromatic rings.